The number of nitrogens with one attached hydrogen (secondary N) is 3. The third kappa shape index (κ3) is 7.85. The SMILES string of the molecule is CN=C(NCc1ccc(S(=O)(=O)NC2CC2)cc1)NC1CCN(CC(F)(F)F)C1.I. The van der Waals surface area contributed by atoms with Crippen molar-refractivity contribution in [3.63, 3.8) is 0 Å². The Morgan fingerprint density at radius 1 is 1.17 bits per heavy atom. The van der Waals surface area contributed by atoms with Gasteiger partial charge in [0.25, 0.3) is 0 Å². The van der Waals surface area contributed by atoms with Crippen LogP contribution in [0.5, 0.6) is 0 Å². The molecule has 1 saturated heterocycles. The molecule has 1 aromatic carbocycles. The van der Waals surface area contributed by atoms with E-state index in [9.17, 15) is 21.6 Å². The molecule has 0 spiro atoms. The Kier molecular flexibility index (Phi) is 8.77. The van der Waals surface area contributed by atoms with Crippen LogP contribution in [0.2, 0.25) is 0 Å². The van der Waals surface area contributed by atoms with E-state index in [2.05, 4.69) is 20.3 Å². The molecule has 7 nitrogen and oxygen atoms in total. The second-order valence-electron chi connectivity index (χ2n) is 7.45. The third-order valence-corrected chi connectivity index (χ3v) is 6.37. The summed E-state index contributed by atoms with van der Waals surface area (Å²) in [5.74, 6) is 0.496. The van der Waals surface area contributed by atoms with Crippen LogP contribution in [0.4, 0.5) is 13.2 Å². The molecule has 3 rings (SSSR count). The molecule has 1 atom stereocenters. The lowest BCUT2D eigenvalue weighted by atomic mass is 10.2. The molecule has 30 heavy (non-hydrogen) atoms. The van der Waals surface area contributed by atoms with Crippen molar-refractivity contribution < 1.29 is 21.6 Å². The van der Waals surface area contributed by atoms with E-state index in [0.717, 1.165) is 18.4 Å². The molecule has 1 aromatic rings. The number of halogens is 4. The van der Waals surface area contributed by atoms with Crippen LogP contribution in [-0.2, 0) is 16.6 Å². The van der Waals surface area contributed by atoms with Gasteiger partial charge in [-0.3, -0.25) is 9.89 Å². The molecule has 0 radical (unpaired) electrons. The van der Waals surface area contributed by atoms with Crippen molar-refractivity contribution in [3.8, 4) is 0 Å². The highest BCUT2D eigenvalue weighted by Crippen LogP contribution is 2.22. The van der Waals surface area contributed by atoms with E-state index in [1.165, 1.54) is 4.90 Å². The van der Waals surface area contributed by atoms with Gasteiger partial charge >= 0.3 is 6.18 Å². The maximum absolute atomic E-state index is 12.5. The molecule has 170 valence electrons. The lowest BCUT2D eigenvalue weighted by molar-refractivity contribution is -0.143. The highest BCUT2D eigenvalue weighted by atomic mass is 127. The Morgan fingerprint density at radius 3 is 2.40 bits per heavy atom. The van der Waals surface area contributed by atoms with Gasteiger partial charge in [0.15, 0.2) is 5.96 Å². The maximum atomic E-state index is 12.5. The lowest BCUT2D eigenvalue weighted by Crippen LogP contribution is -2.44. The Hall–Kier alpha value is -1.12. The second kappa shape index (κ2) is 10.5. The molecule has 2 fully saturated rings. The summed E-state index contributed by atoms with van der Waals surface area (Å²) in [6.45, 7) is 0.205. The van der Waals surface area contributed by atoms with Crippen LogP contribution in [0.3, 0.4) is 0 Å². The highest BCUT2D eigenvalue weighted by molar-refractivity contribution is 14.0. The molecule has 0 amide bonds. The first kappa shape index (κ1) is 25.1. The number of aliphatic imine (C=N–C) groups is 1. The molecule has 3 N–H and O–H groups in total. The van der Waals surface area contributed by atoms with Crippen molar-refractivity contribution in [2.45, 2.75) is 49.0 Å². The quantitative estimate of drug-likeness (QED) is 0.270. The molecule has 2 aliphatic rings. The first-order valence-electron chi connectivity index (χ1n) is 9.52. The van der Waals surface area contributed by atoms with E-state index < -0.39 is 22.7 Å². The molecule has 1 aliphatic heterocycles. The van der Waals surface area contributed by atoms with Gasteiger partial charge in [0.05, 0.1) is 11.4 Å². The van der Waals surface area contributed by atoms with Gasteiger partial charge in [-0.2, -0.15) is 13.2 Å². The van der Waals surface area contributed by atoms with Gasteiger partial charge in [-0.15, -0.1) is 24.0 Å². The molecular weight excluding hydrogens is 534 g/mol. The van der Waals surface area contributed by atoms with Crippen molar-refractivity contribution in [1.82, 2.24) is 20.3 Å². The van der Waals surface area contributed by atoms with E-state index in [0.29, 0.717) is 32.0 Å². The number of benzene rings is 1. The van der Waals surface area contributed by atoms with Crippen LogP contribution in [0.1, 0.15) is 24.8 Å². The van der Waals surface area contributed by atoms with Crippen molar-refractivity contribution in [3.05, 3.63) is 29.8 Å². The van der Waals surface area contributed by atoms with Crippen LogP contribution in [0, 0.1) is 0 Å². The zero-order valence-corrected chi connectivity index (χ0v) is 19.7. The van der Waals surface area contributed by atoms with Crippen LogP contribution in [0.15, 0.2) is 34.2 Å². The summed E-state index contributed by atoms with van der Waals surface area (Å²) in [5, 5.41) is 6.25. The van der Waals surface area contributed by atoms with Gasteiger partial charge in [-0.05, 0) is 37.0 Å². The Bertz CT molecular complexity index is 829. The standard InChI is InChI=1S/C18H26F3N5O2S.HI/c1-22-17(24-15-8-9-26(11-15)12-18(19,20)21)23-10-13-2-6-16(7-3-13)29(27,28)25-14-4-5-14;/h2-3,6-7,14-15,25H,4-5,8-12H2,1H3,(H2,22,23,24);1H. The van der Waals surface area contributed by atoms with Crippen molar-refractivity contribution in [2.75, 3.05) is 26.7 Å². The number of rotatable bonds is 7. The smallest absolute Gasteiger partial charge is 0.352 e. The van der Waals surface area contributed by atoms with E-state index in [4.69, 9.17) is 0 Å². The first-order chi connectivity index (χ1) is 13.6. The van der Waals surface area contributed by atoms with E-state index >= 15 is 0 Å². The van der Waals surface area contributed by atoms with Crippen LogP contribution >= 0.6 is 24.0 Å². The molecule has 12 heteroatoms. The minimum Gasteiger partial charge on any atom is -0.352 e. The van der Waals surface area contributed by atoms with Crippen molar-refractivity contribution >= 4 is 40.0 Å². The maximum Gasteiger partial charge on any atom is 0.401 e. The summed E-state index contributed by atoms with van der Waals surface area (Å²) in [6.07, 6.45) is -1.83. The lowest BCUT2D eigenvalue weighted by Gasteiger charge is -2.20. The minimum absolute atomic E-state index is 0. The Balaban J connectivity index is 0.00000320. The van der Waals surface area contributed by atoms with Gasteiger partial charge in [0.1, 0.15) is 0 Å². The summed E-state index contributed by atoms with van der Waals surface area (Å²) in [7, 11) is -1.88. The van der Waals surface area contributed by atoms with E-state index in [-0.39, 0.29) is 41.0 Å². The fraction of sp³-hybridized carbons (Fsp3) is 0.611. The average molecular weight is 561 g/mol. The summed E-state index contributed by atoms with van der Waals surface area (Å²) < 4.78 is 64.5. The number of likely N-dealkylation sites (tertiary alicyclic amines) is 1. The number of alkyl halides is 3. The number of hydrogen-bond donors (Lipinski definition) is 3. The highest BCUT2D eigenvalue weighted by Gasteiger charge is 2.34. The molecule has 1 unspecified atom stereocenters. The molecule has 1 saturated carbocycles. The molecule has 0 bridgehead atoms. The summed E-state index contributed by atoms with van der Waals surface area (Å²) >= 11 is 0. The number of sulfonamides is 1. The average Bonchev–Trinajstić information content (AvgIpc) is 3.34. The molecular formula is C18H27F3IN5O2S. The molecule has 1 aliphatic carbocycles. The van der Waals surface area contributed by atoms with Gasteiger partial charge in [0, 0.05) is 38.8 Å². The third-order valence-electron chi connectivity index (χ3n) is 4.83. The van der Waals surface area contributed by atoms with Gasteiger partial charge in [-0.1, -0.05) is 12.1 Å². The molecule has 1 heterocycles. The monoisotopic (exact) mass is 561 g/mol. The molecule has 0 aromatic heterocycles. The van der Waals surface area contributed by atoms with E-state index in [1.54, 1.807) is 31.3 Å². The van der Waals surface area contributed by atoms with Crippen LogP contribution in [-0.4, -0.2) is 64.2 Å². The Labute approximate surface area is 192 Å². The van der Waals surface area contributed by atoms with E-state index in [1.807, 2.05) is 0 Å². The number of nitrogens with zero attached hydrogens (tertiary/aromatic N) is 2. The zero-order valence-electron chi connectivity index (χ0n) is 16.6. The fourth-order valence-corrected chi connectivity index (χ4v) is 4.50. The first-order valence-corrected chi connectivity index (χ1v) is 11.0. The second-order valence-corrected chi connectivity index (χ2v) is 9.16. The van der Waals surface area contributed by atoms with Crippen molar-refractivity contribution in [2.24, 2.45) is 4.99 Å². The zero-order chi connectivity index (χ0) is 21.1. The van der Waals surface area contributed by atoms with Gasteiger partial charge < -0.3 is 10.6 Å². The van der Waals surface area contributed by atoms with Crippen molar-refractivity contribution in [1.29, 1.82) is 0 Å². The summed E-state index contributed by atoms with van der Waals surface area (Å²) in [4.78, 5) is 5.71. The summed E-state index contributed by atoms with van der Waals surface area (Å²) in [6, 6.07) is 6.52. The summed E-state index contributed by atoms with van der Waals surface area (Å²) in [5.41, 5.74) is 0.864. The van der Waals surface area contributed by atoms with Crippen LogP contribution in [0.25, 0.3) is 0 Å². The van der Waals surface area contributed by atoms with Gasteiger partial charge in [-0.25, -0.2) is 13.1 Å². The predicted octanol–water partition coefficient (Wildman–Crippen LogP) is 2.05. The largest absolute Gasteiger partial charge is 0.401 e. The number of guanidine groups is 1. The minimum atomic E-state index is -4.19. The number of hydrogen-bond acceptors (Lipinski definition) is 4. The predicted molar refractivity (Wildman–Crippen MR) is 119 cm³/mol. The fourth-order valence-electron chi connectivity index (χ4n) is 3.20. The van der Waals surface area contributed by atoms with Gasteiger partial charge in [0.2, 0.25) is 10.0 Å². The topological polar surface area (TPSA) is 85.8 Å². The Morgan fingerprint density at radius 2 is 1.83 bits per heavy atom. The van der Waals surface area contributed by atoms with Crippen LogP contribution < -0.4 is 15.4 Å². The normalized spacial score (nSPS) is 20.7.